The highest BCUT2D eigenvalue weighted by atomic mass is 16.6. The summed E-state index contributed by atoms with van der Waals surface area (Å²) in [4.78, 5) is 11.9. The number of piperidine rings is 1. The van der Waals surface area contributed by atoms with E-state index in [4.69, 9.17) is 15.3 Å². The molecule has 0 atom stereocenters. The average molecular weight is 292 g/mol. The first-order valence-electron chi connectivity index (χ1n) is 7.47. The van der Waals surface area contributed by atoms with Crippen LogP contribution in [-0.4, -0.2) is 44.2 Å². The molecule has 0 aromatic carbocycles. The number of nitrogens with zero attached hydrogens (tertiary/aromatic N) is 3. The molecule has 0 radical (unpaired) electrons. The van der Waals surface area contributed by atoms with Crippen LogP contribution in [0.4, 0.5) is 5.82 Å². The lowest BCUT2D eigenvalue weighted by Gasteiger charge is -2.27. The number of pyridine rings is 1. The zero-order valence-electron chi connectivity index (χ0n) is 12.6. The van der Waals surface area contributed by atoms with Gasteiger partial charge in [-0.1, -0.05) is 5.16 Å². The van der Waals surface area contributed by atoms with Gasteiger partial charge in [-0.3, -0.25) is 0 Å². The fourth-order valence-electron chi connectivity index (χ4n) is 2.28. The monoisotopic (exact) mass is 292 g/mol. The number of nitrogens with two attached hydrogens (primary N) is 1. The Labute approximate surface area is 125 Å². The van der Waals surface area contributed by atoms with E-state index in [1.807, 2.05) is 12.1 Å². The summed E-state index contributed by atoms with van der Waals surface area (Å²) in [6.45, 7) is 3.31. The molecule has 6 nitrogen and oxygen atoms in total. The summed E-state index contributed by atoms with van der Waals surface area (Å²) in [5.74, 6) is 1.36. The van der Waals surface area contributed by atoms with E-state index in [1.54, 1.807) is 13.3 Å². The molecule has 0 aliphatic carbocycles. The van der Waals surface area contributed by atoms with Crippen molar-refractivity contribution in [1.82, 2.24) is 4.98 Å². The van der Waals surface area contributed by atoms with Gasteiger partial charge < -0.3 is 20.2 Å². The first-order valence-corrected chi connectivity index (χ1v) is 7.47. The molecule has 0 saturated carbocycles. The van der Waals surface area contributed by atoms with Crippen LogP contribution in [-0.2, 0) is 9.57 Å². The third-order valence-corrected chi connectivity index (χ3v) is 3.47. The highest BCUT2D eigenvalue weighted by Gasteiger charge is 2.12. The quantitative estimate of drug-likeness (QED) is 0.359. The van der Waals surface area contributed by atoms with Gasteiger partial charge in [-0.2, -0.15) is 0 Å². The predicted molar refractivity (Wildman–Crippen MR) is 83.5 cm³/mol. The normalized spacial score (nSPS) is 16.0. The first kappa shape index (κ1) is 15.6. The topological polar surface area (TPSA) is 73.0 Å². The summed E-state index contributed by atoms with van der Waals surface area (Å²) < 4.78 is 4.93. The van der Waals surface area contributed by atoms with Gasteiger partial charge in [-0.05, 0) is 31.4 Å². The molecule has 1 saturated heterocycles. The molecule has 1 aromatic rings. The largest absolute Gasteiger partial charge is 0.394 e. The van der Waals surface area contributed by atoms with E-state index < -0.39 is 0 Å². The number of aromatic nitrogens is 1. The van der Waals surface area contributed by atoms with Crippen LogP contribution < -0.4 is 10.6 Å². The Bertz CT molecular complexity index is 441. The molecule has 2 rings (SSSR count). The van der Waals surface area contributed by atoms with Crippen LogP contribution in [0.2, 0.25) is 0 Å². The maximum absolute atomic E-state index is 5.88. The highest BCUT2D eigenvalue weighted by Crippen LogP contribution is 2.17. The van der Waals surface area contributed by atoms with Gasteiger partial charge in [-0.15, -0.1) is 0 Å². The lowest BCUT2D eigenvalue weighted by molar-refractivity contribution is 0.109. The lowest BCUT2D eigenvalue weighted by atomic mass is 10.1. The Kier molecular flexibility index (Phi) is 6.27. The van der Waals surface area contributed by atoms with Crippen LogP contribution in [0.15, 0.2) is 23.5 Å². The van der Waals surface area contributed by atoms with Crippen LogP contribution in [0.3, 0.4) is 0 Å². The number of amidine groups is 1. The average Bonchev–Trinajstić information content (AvgIpc) is 2.55. The van der Waals surface area contributed by atoms with Crippen molar-refractivity contribution in [2.45, 2.75) is 25.7 Å². The predicted octanol–water partition coefficient (Wildman–Crippen LogP) is 1.75. The molecule has 0 amide bonds. The number of hydrogen-bond acceptors (Lipinski definition) is 5. The van der Waals surface area contributed by atoms with E-state index in [0.29, 0.717) is 19.0 Å². The molecule has 21 heavy (non-hydrogen) atoms. The molecule has 1 aromatic heterocycles. The summed E-state index contributed by atoms with van der Waals surface area (Å²) >= 11 is 0. The Morgan fingerprint density at radius 3 is 2.76 bits per heavy atom. The summed E-state index contributed by atoms with van der Waals surface area (Å²) in [7, 11) is 1.66. The number of oxime groups is 1. The zero-order chi connectivity index (χ0) is 14.9. The van der Waals surface area contributed by atoms with E-state index in [1.165, 1.54) is 19.3 Å². The lowest BCUT2D eigenvalue weighted by Crippen LogP contribution is -2.30. The van der Waals surface area contributed by atoms with Crippen molar-refractivity contribution in [2.24, 2.45) is 10.9 Å². The van der Waals surface area contributed by atoms with Gasteiger partial charge in [0.1, 0.15) is 12.4 Å². The first-order chi connectivity index (χ1) is 10.3. The molecule has 0 unspecified atom stereocenters. The SMILES string of the molecule is COCCCO/N=C(\N)c1ccc(N2CCCCC2)nc1. The number of hydrogen-bond donors (Lipinski definition) is 1. The van der Waals surface area contributed by atoms with E-state index in [9.17, 15) is 0 Å². The smallest absolute Gasteiger partial charge is 0.171 e. The standard InChI is InChI=1S/C15H24N4O2/c1-20-10-5-11-21-18-15(16)13-6-7-14(17-12-13)19-8-3-2-4-9-19/h6-7,12H,2-5,8-11H2,1H3,(H2,16,18). The van der Waals surface area contributed by atoms with Crippen LogP contribution >= 0.6 is 0 Å². The molecule has 1 aliphatic rings. The maximum atomic E-state index is 5.88. The Morgan fingerprint density at radius 1 is 1.29 bits per heavy atom. The van der Waals surface area contributed by atoms with E-state index in [-0.39, 0.29) is 0 Å². The van der Waals surface area contributed by atoms with Gasteiger partial charge in [0.15, 0.2) is 5.84 Å². The third kappa shape index (κ3) is 4.90. The van der Waals surface area contributed by atoms with Crippen molar-refractivity contribution in [3.63, 3.8) is 0 Å². The Morgan fingerprint density at radius 2 is 2.10 bits per heavy atom. The molecule has 0 spiro atoms. The van der Waals surface area contributed by atoms with Gasteiger partial charge in [0.2, 0.25) is 0 Å². The summed E-state index contributed by atoms with van der Waals surface area (Å²) in [6, 6.07) is 3.93. The van der Waals surface area contributed by atoms with E-state index >= 15 is 0 Å². The minimum atomic E-state index is 0.352. The molecular formula is C15H24N4O2. The maximum Gasteiger partial charge on any atom is 0.171 e. The summed E-state index contributed by atoms with van der Waals surface area (Å²) in [6.07, 6.45) is 6.33. The Hall–Kier alpha value is -1.82. The van der Waals surface area contributed by atoms with Crippen molar-refractivity contribution in [1.29, 1.82) is 0 Å². The summed E-state index contributed by atoms with van der Waals surface area (Å²) in [5.41, 5.74) is 6.66. The second-order valence-corrected chi connectivity index (χ2v) is 5.11. The minimum Gasteiger partial charge on any atom is -0.394 e. The van der Waals surface area contributed by atoms with Crippen LogP contribution in [0.25, 0.3) is 0 Å². The molecule has 2 heterocycles. The van der Waals surface area contributed by atoms with Gasteiger partial charge in [0, 0.05) is 45.0 Å². The fourth-order valence-corrected chi connectivity index (χ4v) is 2.28. The second-order valence-electron chi connectivity index (χ2n) is 5.11. The van der Waals surface area contributed by atoms with Crippen molar-refractivity contribution < 1.29 is 9.57 Å². The number of ether oxygens (including phenoxy) is 1. The van der Waals surface area contributed by atoms with Gasteiger partial charge >= 0.3 is 0 Å². The molecule has 0 bridgehead atoms. The van der Waals surface area contributed by atoms with Crippen molar-refractivity contribution in [3.05, 3.63) is 23.9 Å². The van der Waals surface area contributed by atoms with Crippen molar-refractivity contribution in [2.75, 3.05) is 38.3 Å². The molecule has 6 heteroatoms. The highest BCUT2D eigenvalue weighted by molar-refractivity contribution is 5.96. The third-order valence-electron chi connectivity index (χ3n) is 3.47. The molecule has 2 N–H and O–H groups in total. The van der Waals surface area contributed by atoms with Gasteiger partial charge in [0.05, 0.1) is 0 Å². The zero-order valence-corrected chi connectivity index (χ0v) is 12.6. The van der Waals surface area contributed by atoms with Gasteiger partial charge in [0.25, 0.3) is 0 Å². The molecule has 1 aliphatic heterocycles. The second kappa shape index (κ2) is 8.46. The van der Waals surface area contributed by atoms with Crippen LogP contribution in [0.5, 0.6) is 0 Å². The fraction of sp³-hybridized carbons (Fsp3) is 0.600. The summed E-state index contributed by atoms with van der Waals surface area (Å²) in [5, 5.41) is 3.89. The molecule has 1 fully saturated rings. The number of rotatable bonds is 7. The number of anilines is 1. The van der Waals surface area contributed by atoms with Crippen LogP contribution in [0, 0.1) is 0 Å². The minimum absolute atomic E-state index is 0.352. The molecular weight excluding hydrogens is 268 g/mol. The van der Waals surface area contributed by atoms with Gasteiger partial charge in [-0.25, -0.2) is 4.98 Å². The van der Waals surface area contributed by atoms with E-state index in [0.717, 1.165) is 30.9 Å². The Balaban J connectivity index is 1.86. The van der Waals surface area contributed by atoms with Crippen molar-refractivity contribution in [3.8, 4) is 0 Å². The van der Waals surface area contributed by atoms with Crippen LogP contribution in [0.1, 0.15) is 31.2 Å². The number of methoxy groups -OCH3 is 1. The van der Waals surface area contributed by atoms with E-state index in [2.05, 4.69) is 15.0 Å². The van der Waals surface area contributed by atoms with Crippen molar-refractivity contribution >= 4 is 11.7 Å². The molecule has 116 valence electrons.